The number of nitrogen functional groups attached to an aromatic ring is 1. The van der Waals surface area contributed by atoms with Crippen LogP contribution in [0.3, 0.4) is 0 Å². The van der Waals surface area contributed by atoms with Crippen LogP contribution in [0.2, 0.25) is 0 Å². The van der Waals surface area contributed by atoms with Crippen molar-refractivity contribution in [1.29, 1.82) is 0 Å². The first-order valence-electron chi connectivity index (χ1n) is 11.3. The van der Waals surface area contributed by atoms with Gasteiger partial charge in [0.2, 0.25) is 0 Å². The van der Waals surface area contributed by atoms with Gasteiger partial charge < -0.3 is 20.3 Å². The number of ether oxygens (including phenoxy) is 2. The Kier molecular flexibility index (Phi) is 5.22. The highest BCUT2D eigenvalue weighted by molar-refractivity contribution is 6.07. The zero-order valence-electron chi connectivity index (χ0n) is 19.5. The van der Waals surface area contributed by atoms with E-state index in [1.54, 1.807) is 0 Å². The van der Waals surface area contributed by atoms with Crippen LogP contribution in [-0.2, 0) is 11.2 Å². The van der Waals surface area contributed by atoms with Crippen LogP contribution in [0.15, 0.2) is 42.6 Å². The van der Waals surface area contributed by atoms with Crippen molar-refractivity contribution in [2.45, 2.75) is 45.8 Å². The normalized spacial score (nSPS) is 14.5. The fraction of sp³-hybridized carbons (Fsp3) is 0.333. The minimum absolute atomic E-state index is 0.142. The van der Waals surface area contributed by atoms with E-state index in [9.17, 15) is 5.11 Å². The lowest BCUT2D eigenvalue weighted by Gasteiger charge is -2.30. The molecular weight excluding hydrogens is 414 g/mol. The minimum atomic E-state index is -0.510. The summed E-state index contributed by atoms with van der Waals surface area (Å²) in [5.41, 5.74) is 12.3. The van der Waals surface area contributed by atoms with Crippen molar-refractivity contribution in [2.24, 2.45) is 0 Å². The second kappa shape index (κ2) is 7.97. The summed E-state index contributed by atoms with van der Waals surface area (Å²) < 4.78 is 12.3. The van der Waals surface area contributed by atoms with E-state index < -0.39 is 11.7 Å². The van der Waals surface area contributed by atoms with Crippen LogP contribution < -0.4 is 10.5 Å². The number of pyridine rings is 2. The van der Waals surface area contributed by atoms with Gasteiger partial charge in [-0.3, -0.25) is 4.98 Å². The molecule has 0 radical (unpaired) electrons. The Morgan fingerprint density at radius 1 is 1.18 bits per heavy atom. The standard InChI is InChI=1S/C27H29N3O3/c1-15-13-19-17(6-8-22(28)30-19)25(23(15)21(14-31)33-27(2,3)4)18-5-7-20-24-16(10-12-32-20)9-11-29-26(18)24/h5-9,11,13,21,31H,10,12,14H2,1-4H3,(H2,28,30)/t21-/m1/s1. The van der Waals surface area contributed by atoms with Crippen molar-refractivity contribution < 1.29 is 14.6 Å². The van der Waals surface area contributed by atoms with E-state index in [1.807, 2.05) is 58.2 Å². The molecule has 2 aromatic carbocycles. The topological polar surface area (TPSA) is 90.5 Å². The average Bonchev–Trinajstić information content (AvgIpc) is 2.77. The number of rotatable bonds is 4. The molecule has 33 heavy (non-hydrogen) atoms. The van der Waals surface area contributed by atoms with Crippen molar-refractivity contribution in [1.82, 2.24) is 9.97 Å². The number of hydrogen-bond acceptors (Lipinski definition) is 6. The third kappa shape index (κ3) is 3.79. The van der Waals surface area contributed by atoms with Crippen LogP contribution in [0.25, 0.3) is 32.9 Å². The maximum absolute atomic E-state index is 10.4. The summed E-state index contributed by atoms with van der Waals surface area (Å²) >= 11 is 0. The first kappa shape index (κ1) is 21.6. The zero-order chi connectivity index (χ0) is 23.3. The summed E-state index contributed by atoms with van der Waals surface area (Å²) in [7, 11) is 0. The molecule has 1 aliphatic rings. The van der Waals surface area contributed by atoms with Crippen LogP contribution in [0.5, 0.6) is 5.75 Å². The summed E-state index contributed by atoms with van der Waals surface area (Å²) in [5, 5.41) is 12.4. The minimum Gasteiger partial charge on any atom is -0.493 e. The molecule has 1 aliphatic heterocycles. The maximum atomic E-state index is 10.4. The first-order valence-corrected chi connectivity index (χ1v) is 11.3. The number of aromatic nitrogens is 2. The molecular formula is C27H29N3O3. The van der Waals surface area contributed by atoms with Crippen LogP contribution in [0.4, 0.5) is 5.82 Å². The highest BCUT2D eigenvalue weighted by atomic mass is 16.5. The van der Waals surface area contributed by atoms with E-state index in [4.69, 9.17) is 20.2 Å². The largest absolute Gasteiger partial charge is 0.493 e. The van der Waals surface area contributed by atoms with Gasteiger partial charge in [-0.15, -0.1) is 0 Å². The zero-order valence-corrected chi connectivity index (χ0v) is 19.5. The van der Waals surface area contributed by atoms with Crippen LogP contribution >= 0.6 is 0 Å². The van der Waals surface area contributed by atoms with Gasteiger partial charge in [0.1, 0.15) is 17.7 Å². The molecule has 3 heterocycles. The van der Waals surface area contributed by atoms with Crippen molar-refractivity contribution in [3.63, 3.8) is 0 Å². The van der Waals surface area contributed by atoms with Crippen molar-refractivity contribution in [2.75, 3.05) is 18.9 Å². The van der Waals surface area contributed by atoms with Gasteiger partial charge in [0.15, 0.2) is 0 Å². The summed E-state index contributed by atoms with van der Waals surface area (Å²) in [4.78, 5) is 9.38. The van der Waals surface area contributed by atoms with E-state index in [2.05, 4.69) is 17.1 Å². The Morgan fingerprint density at radius 2 is 2.00 bits per heavy atom. The van der Waals surface area contributed by atoms with E-state index in [0.717, 1.165) is 56.2 Å². The number of nitrogens with zero attached hydrogens (tertiary/aromatic N) is 2. The van der Waals surface area contributed by atoms with Crippen LogP contribution in [0, 0.1) is 6.92 Å². The number of benzene rings is 2. The number of anilines is 1. The molecule has 6 heteroatoms. The highest BCUT2D eigenvalue weighted by Crippen LogP contribution is 2.44. The van der Waals surface area contributed by atoms with E-state index in [-0.39, 0.29) is 6.61 Å². The van der Waals surface area contributed by atoms with Gasteiger partial charge in [0.05, 0.1) is 29.8 Å². The SMILES string of the molecule is Cc1cc2nc(N)ccc2c(-c2ccc3c4c(ccnc24)CCO3)c1[C@@H](CO)OC(C)(C)C. The first-order chi connectivity index (χ1) is 15.8. The van der Waals surface area contributed by atoms with E-state index in [1.165, 1.54) is 5.56 Å². The Balaban J connectivity index is 1.89. The molecule has 1 atom stereocenters. The van der Waals surface area contributed by atoms with E-state index in [0.29, 0.717) is 12.4 Å². The van der Waals surface area contributed by atoms with Crippen LogP contribution in [0.1, 0.15) is 43.6 Å². The van der Waals surface area contributed by atoms with Gasteiger partial charge in [-0.05, 0) is 86.3 Å². The predicted octanol–water partition coefficient (Wildman–Crippen LogP) is 5.12. The number of aliphatic hydroxyl groups excluding tert-OH is 1. The smallest absolute Gasteiger partial charge is 0.129 e. The molecule has 6 nitrogen and oxygen atoms in total. The molecule has 0 aliphatic carbocycles. The Hall–Kier alpha value is -3.22. The van der Waals surface area contributed by atoms with Gasteiger partial charge in [-0.2, -0.15) is 0 Å². The fourth-order valence-corrected chi connectivity index (χ4v) is 4.86. The fourth-order valence-electron chi connectivity index (χ4n) is 4.86. The van der Waals surface area contributed by atoms with Crippen LogP contribution in [-0.4, -0.2) is 33.9 Å². The van der Waals surface area contributed by atoms with Gasteiger partial charge in [0, 0.05) is 29.0 Å². The average molecular weight is 444 g/mol. The molecule has 0 amide bonds. The van der Waals surface area contributed by atoms with Crippen molar-refractivity contribution >= 4 is 27.6 Å². The number of hydrogen-bond donors (Lipinski definition) is 2. The molecule has 0 spiro atoms. The van der Waals surface area contributed by atoms with Gasteiger partial charge in [-0.25, -0.2) is 4.98 Å². The molecule has 0 saturated heterocycles. The Bertz CT molecular complexity index is 1360. The molecule has 0 unspecified atom stereocenters. The number of nitrogens with two attached hydrogens (primary N) is 1. The lowest BCUT2D eigenvalue weighted by Crippen LogP contribution is -2.25. The van der Waals surface area contributed by atoms with Crippen molar-refractivity contribution in [3.05, 3.63) is 59.3 Å². The second-order valence-corrected chi connectivity index (χ2v) is 9.59. The molecule has 0 fully saturated rings. The summed E-state index contributed by atoms with van der Waals surface area (Å²) in [5.74, 6) is 1.32. The van der Waals surface area contributed by atoms with Gasteiger partial charge in [0.25, 0.3) is 0 Å². The maximum Gasteiger partial charge on any atom is 0.129 e. The highest BCUT2D eigenvalue weighted by Gasteiger charge is 2.28. The number of fused-ring (bicyclic) bond motifs is 1. The quantitative estimate of drug-likeness (QED) is 0.455. The molecule has 0 saturated carbocycles. The predicted molar refractivity (Wildman–Crippen MR) is 131 cm³/mol. The monoisotopic (exact) mass is 443 g/mol. The molecule has 0 bridgehead atoms. The molecule has 3 N–H and O–H groups in total. The number of aliphatic hydroxyl groups is 1. The second-order valence-electron chi connectivity index (χ2n) is 9.59. The van der Waals surface area contributed by atoms with Crippen molar-refractivity contribution in [3.8, 4) is 16.9 Å². The lowest BCUT2D eigenvalue weighted by molar-refractivity contribution is -0.0821. The van der Waals surface area contributed by atoms with Gasteiger partial charge >= 0.3 is 0 Å². The summed E-state index contributed by atoms with van der Waals surface area (Å²) in [6.07, 6.45) is 2.20. The number of aryl methyl sites for hydroxylation is 1. The van der Waals surface area contributed by atoms with E-state index >= 15 is 0 Å². The third-order valence-electron chi connectivity index (χ3n) is 6.09. The Labute approximate surface area is 193 Å². The Morgan fingerprint density at radius 3 is 2.76 bits per heavy atom. The molecule has 5 rings (SSSR count). The van der Waals surface area contributed by atoms with Gasteiger partial charge in [-0.1, -0.05) is 0 Å². The molecule has 2 aromatic heterocycles. The lowest BCUT2D eigenvalue weighted by atomic mass is 9.86. The third-order valence-corrected chi connectivity index (χ3v) is 6.09. The summed E-state index contributed by atoms with van der Waals surface area (Å²) in [6.45, 7) is 8.54. The molecule has 4 aromatic rings. The molecule has 170 valence electrons. The summed E-state index contributed by atoms with van der Waals surface area (Å²) in [6, 6.07) is 12.0.